The average Bonchev–Trinajstić information content (AvgIpc) is 3.22. The molecule has 0 saturated carbocycles. The molecule has 1 aromatic heterocycles. The van der Waals surface area contributed by atoms with Crippen LogP contribution in [0, 0.1) is 0 Å². The average molecular weight is 347 g/mol. The topological polar surface area (TPSA) is 82.6 Å². The third kappa shape index (κ3) is 4.55. The highest BCUT2D eigenvalue weighted by atomic mass is 32.1. The molecular weight excluding hydrogens is 326 g/mol. The van der Waals surface area contributed by atoms with Gasteiger partial charge in [0.05, 0.1) is 18.8 Å². The van der Waals surface area contributed by atoms with Crippen molar-refractivity contribution < 1.29 is 14.6 Å². The number of nitrogens with one attached hydrogen (secondary N) is 3. The van der Waals surface area contributed by atoms with Gasteiger partial charge in [-0.3, -0.25) is 0 Å². The van der Waals surface area contributed by atoms with Crippen LogP contribution in [-0.4, -0.2) is 42.5 Å². The Labute approximate surface area is 144 Å². The zero-order valence-corrected chi connectivity index (χ0v) is 14.0. The van der Waals surface area contributed by atoms with Gasteiger partial charge in [0, 0.05) is 23.7 Å². The lowest BCUT2D eigenvalue weighted by Gasteiger charge is -2.18. The number of para-hydroxylation sites is 1. The summed E-state index contributed by atoms with van der Waals surface area (Å²) in [5.74, 6) is 0. The largest absolute Gasteiger partial charge is 0.389 e. The number of ether oxygens (including phenoxy) is 1. The summed E-state index contributed by atoms with van der Waals surface area (Å²) in [7, 11) is 0. The number of hydrogen-bond acceptors (Lipinski definition) is 5. The maximum atomic E-state index is 11.9. The number of thiophene rings is 1. The summed E-state index contributed by atoms with van der Waals surface area (Å²) >= 11 is 1.67. The van der Waals surface area contributed by atoms with Crippen LogP contribution in [0.5, 0.6) is 0 Å². The van der Waals surface area contributed by atoms with Crippen LogP contribution in [0.2, 0.25) is 0 Å². The minimum Gasteiger partial charge on any atom is -0.389 e. The first-order chi connectivity index (χ1) is 11.7. The van der Waals surface area contributed by atoms with Crippen LogP contribution in [0.3, 0.4) is 0 Å². The quantitative estimate of drug-likeness (QED) is 0.642. The Hall–Kier alpha value is -1.93. The first-order valence-electron chi connectivity index (χ1n) is 7.88. The fraction of sp³-hybridized carbons (Fsp3) is 0.353. The standard InChI is InChI=1S/C17H21N3O3S/c21-16-14(18-9-13-7-4-8-24-13)11-23-15(16)10-19-17(22)20-12-5-2-1-3-6-12/h1-8,14-16,18,21H,9-11H2,(H2,19,20,22). The van der Waals surface area contributed by atoms with Gasteiger partial charge in [0.25, 0.3) is 0 Å². The number of amides is 2. The molecule has 3 unspecified atom stereocenters. The second kappa shape index (κ2) is 8.25. The summed E-state index contributed by atoms with van der Waals surface area (Å²) in [5.41, 5.74) is 0.721. The molecule has 3 atom stereocenters. The summed E-state index contributed by atoms with van der Waals surface area (Å²) in [6, 6.07) is 12.8. The fourth-order valence-electron chi connectivity index (χ4n) is 2.58. The zero-order valence-electron chi connectivity index (χ0n) is 13.1. The highest BCUT2D eigenvalue weighted by Crippen LogP contribution is 2.16. The molecule has 2 aromatic rings. The van der Waals surface area contributed by atoms with E-state index in [1.165, 1.54) is 4.88 Å². The Bertz CT molecular complexity index is 636. The van der Waals surface area contributed by atoms with Crippen molar-refractivity contribution in [3.63, 3.8) is 0 Å². The van der Waals surface area contributed by atoms with Gasteiger partial charge in [-0.1, -0.05) is 24.3 Å². The van der Waals surface area contributed by atoms with E-state index in [0.717, 1.165) is 5.69 Å². The first-order valence-corrected chi connectivity index (χ1v) is 8.75. The number of carbonyl (C=O) groups is 1. The molecule has 0 radical (unpaired) electrons. The Morgan fingerprint density at radius 1 is 1.25 bits per heavy atom. The Morgan fingerprint density at radius 3 is 2.83 bits per heavy atom. The summed E-state index contributed by atoms with van der Waals surface area (Å²) < 4.78 is 5.60. The SMILES string of the molecule is O=C(NCC1OCC(NCc2cccs2)C1O)Nc1ccccc1. The molecule has 4 N–H and O–H groups in total. The van der Waals surface area contributed by atoms with Crippen molar-refractivity contribution >= 4 is 23.1 Å². The van der Waals surface area contributed by atoms with Gasteiger partial charge >= 0.3 is 6.03 Å². The van der Waals surface area contributed by atoms with Crippen molar-refractivity contribution in [2.45, 2.75) is 24.8 Å². The third-order valence-electron chi connectivity index (χ3n) is 3.90. The van der Waals surface area contributed by atoms with Crippen molar-refractivity contribution in [3.05, 3.63) is 52.7 Å². The molecule has 1 aliphatic rings. The molecule has 2 heterocycles. The van der Waals surface area contributed by atoms with Gasteiger partial charge in [-0.15, -0.1) is 11.3 Å². The lowest BCUT2D eigenvalue weighted by Crippen LogP contribution is -2.45. The predicted molar refractivity (Wildman–Crippen MR) is 94.2 cm³/mol. The molecule has 128 valence electrons. The number of hydrogen-bond donors (Lipinski definition) is 4. The zero-order chi connectivity index (χ0) is 16.8. The monoisotopic (exact) mass is 347 g/mol. The van der Waals surface area contributed by atoms with Crippen molar-refractivity contribution in [3.8, 4) is 0 Å². The fourth-order valence-corrected chi connectivity index (χ4v) is 3.23. The molecule has 6 nitrogen and oxygen atoms in total. The maximum absolute atomic E-state index is 11.9. The molecule has 0 aliphatic carbocycles. The molecule has 24 heavy (non-hydrogen) atoms. The van der Waals surface area contributed by atoms with E-state index in [0.29, 0.717) is 13.2 Å². The van der Waals surface area contributed by atoms with E-state index < -0.39 is 12.2 Å². The second-order valence-corrected chi connectivity index (χ2v) is 6.66. The molecular formula is C17H21N3O3S. The minimum absolute atomic E-state index is 0.129. The summed E-state index contributed by atoms with van der Waals surface area (Å²) in [5, 5.41) is 21.1. The van der Waals surface area contributed by atoms with Crippen LogP contribution in [0.4, 0.5) is 10.5 Å². The summed E-state index contributed by atoms with van der Waals surface area (Å²) in [6.45, 7) is 1.40. The van der Waals surface area contributed by atoms with Crippen LogP contribution >= 0.6 is 11.3 Å². The van der Waals surface area contributed by atoms with Crippen molar-refractivity contribution in [1.29, 1.82) is 0 Å². The van der Waals surface area contributed by atoms with E-state index >= 15 is 0 Å². The van der Waals surface area contributed by atoms with Gasteiger partial charge in [0.1, 0.15) is 6.10 Å². The van der Waals surface area contributed by atoms with Gasteiger partial charge in [0.2, 0.25) is 0 Å². The number of urea groups is 1. The lowest BCUT2D eigenvalue weighted by atomic mass is 10.1. The van der Waals surface area contributed by atoms with E-state index in [4.69, 9.17) is 4.74 Å². The molecule has 1 aliphatic heterocycles. The van der Waals surface area contributed by atoms with Gasteiger partial charge in [0.15, 0.2) is 0 Å². The van der Waals surface area contributed by atoms with Crippen molar-refractivity contribution in [2.75, 3.05) is 18.5 Å². The van der Waals surface area contributed by atoms with Crippen molar-refractivity contribution in [1.82, 2.24) is 10.6 Å². The molecule has 7 heteroatoms. The van der Waals surface area contributed by atoms with Crippen LogP contribution in [0.25, 0.3) is 0 Å². The molecule has 1 aromatic carbocycles. The molecule has 1 fully saturated rings. The molecule has 1 saturated heterocycles. The Kier molecular flexibility index (Phi) is 5.81. The van der Waals surface area contributed by atoms with E-state index in [1.807, 2.05) is 47.8 Å². The van der Waals surface area contributed by atoms with E-state index in [1.54, 1.807) is 11.3 Å². The lowest BCUT2D eigenvalue weighted by molar-refractivity contribution is 0.0428. The number of anilines is 1. The summed E-state index contributed by atoms with van der Waals surface area (Å²) in [4.78, 5) is 13.1. The minimum atomic E-state index is -0.651. The number of aliphatic hydroxyl groups is 1. The predicted octanol–water partition coefficient (Wildman–Crippen LogP) is 1.79. The first kappa shape index (κ1) is 16.9. The molecule has 0 spiro atoms. The maximum Gasteiger partial charge on any atom is 0.319 e. The van der Waals surface area contributed by atoms with Gasteiger partial charge in [-0.25, -0.2) is 4.79 Å². The number of benzene rings is 1. The second-order valence-electron chi connectivity index (χ2n) is 5.63. The van der Waals surface area contributed by atoms with Gasteiger partial charge in [-0.2, -0.15) is 0 Å². The molecule has 0 bridgehead atoms. The Morgan fingerprint density at radius 2 is 2.08 bits per heavy atom. The van der Waals surface area contributed by atoms with Gasteiger partial charge < -0.3 is 25.8 Å². The number of carbonyl (C=O) groups excluding carboxylic acids is 1. The van der Waals surface area contributed by atoms with Gasteiger partial charge in [-0.05, 0) is 23.6 Å². The highest BCUT2D eigenvalue weighted by Gasteiger charge is 2.35. The Balaban J connectivity index is 1.40. The van der Waals surface area contributed by atoms with E-state index in [9.17, 15) is 9.90 Å². The smallest absolute Gasteiger partial charge is 0.319 e. The van der Waals surface area contributed by atoms with Crippen molar-refractivity contribution in [2.24, 2.45) is 0 Å². The van der Waals surface area contributed by atoms with E-state index in [2.05, 4.69) is 16.0 Å². The molecule has 3 rings (SSSR count). The van der Waals surface area contributed by atoms with Crippen LogP contribution in [0.1, 0.15) is 4.88 Å². The number of aliphatic hydroxyl groups excluding tert-OH is 1. The van der Waals surface area contributed by atoms with Crippen LogP contribution in [0.15, 0.2) is 47.8 Å². The highest BCUT2D eigenvalue weighted by molar-refractivity contribution is 7.09. The van der Waals surface area contributed by atoms with Crippen LogP contribution < -0.4 is 16.0 Å². The number of rotatable bonds is 6. The molecule has 2 amide bonds. The summed E-state index contributed by atoms with van der Waals surface area (Å²) in [6.07, 6.45) is -1.06. The van der Waals surface area contributed by atoms with Crippen LogP contribution in [-0.2, 0) is 11.3 Å². The van der Waals surface area contributed by atoms with E-state index in [-0.39, 0.29) is 18.6 Å². The normalized spacial score (nSPS) is 23.1. The third-order valence-corrected chi connectivity index (χ3v) is 4.77.